The summed E-state index contributed by atoms with van der Waals surface area (Å²) in [7, 11) is 0. The van der Waals surface area contributed by atoms with Crippen LogP contribution in [-0.2, 0) is 12.8 Å². The van der Waals surface area contributed by atoms with Gasteiger partial charge >= 0.3 is 0 Å². The first kappa shape index (κ1) is 18.4. The number of carbonyl (C=O) groups is 1. The average molecular weight is 464 g/mol. The summed E-state index contributed by atoms with van der Waals surface area (Å²) in [6.45, 7) is 6.84. The van der Waals surface area contributed by atoms with Crippen molar-refractivity contribution in [3.63, 3.8) is 0 Å². The highest BCUT2D eigenvalue weighted by atomic mass is 127. The summed E-state index contributed by atoms with van der Waals surface area (Å²) in [6, 6.07) is 9.79. The zero-order valence-electron chi connectivity index (χ0n) is 14.6. The van der Waals surface area contributed by atoms with Crippen LogP contribution in [0, 0.1) is 26.2 Å². The number of thiophene rings is 1. The van der Waals surface area contributed by atoms with Gasteiger partial charge in [0.2, 0.25) is 0 Å². The van der Waals surface area contributed by atoms with E-state index in [1.165, 1.54) is 4.88 Å². The van der Waals surface area contributed by atoms with Crippen molar-refractivity contribution < 1.29 is 4.79 Å². The second kappa shape index (κ2) is 7.08. The van der Waals surface area contributed by atoms with E-state index in [1.54, 1.807) is 17.4 Å². The molecule has 0 radical (unpaired) electrons. The van der Waals surface area contributed by atoms with Crippen molar-refractivity contribution in [3.8, 4) is 6.07 Å². The highest BCUT2D eigenvalue weighted by molar-refractivity contribution is 14.1. The monoisotopic (exact) mass is 464 g/mol. The molecule has 5 heteroatoms. The topological polar surface area (TPSA) is 52.9 Å². The SMILES string of the molecule is CC(C)(C)[C@@H]1CCc2c(sc(NC(=O)c3cccc(I)c3)c2C#N)C1. The van der Waals surface area contributed by atoms with E-state index in [9.17, 15) is 10.1 Å². The van der Waals surface area contributed by atoms with E-state index in [1.807, 2.05) is 18.2 Å². The molecule has 0 saturated carbocycles. The summed E-state index contributed by atoms with van der Waals surface area (Å²) in [4.78, 5) is 13.8. The molecule has 1 heterocycles. The molecule has 1 N–H and O–H groups in total. The Kier molecular flexibility index (Phi) is 5.21. The molecule has 0 aliphatic heterocycles. The Morgan fingerprint density at radius 1 is 1.40 bits per heavy atom. The zero-order valence-corrected chi connectivity index (χ0v) is 17.6. The van der Waals surface area contributed by atoms with Crippen LogP contribution in [-0.4, -0.2) is 5.91 Å². The Hall–Kier alpha value is -1.39. The molecule has 0 unspecified atom stereocenters. The van der Waals surface area contributed by atoms with Gasteiger partial charge in [0, 0.05) is 14.0 Å². The summed E-state index contributed by atoms with van der Waals surface area (Å²) in [5.41, 5.74) is 2.69. The number of rotatable bonds is 2. The lowest BCUT2D eigenvalue weighted by molar-refractivity contribution is 0.102. The highest BCUT2D eigenvalue weighted by Crippen LogP contribution is 2.44. The van der Waals surface area contributed by atoms with Gasteiger partial charge in [0.05, 0.1) is 5.56 Å². The molecule has 1 aromatic carbocycles. The van der Waals surface area contributed by atoms with Gasteiger partial charge in [-0.1, -0.05) is 26.8 Å². The quantitative estimate of drug-likeness (QED) is 0.586. The minimum absolute atomic E-state index is 0.152. The van der Waals surface area contributed by atoms with Crippen molar-refractivity contribution in [2.45, 2.75) is 40.0 Å². The number of carbonyl (C=O) groups excluding carboxylic acids is 1. The maximum atomic E-state index is 12.6. The van der Waals surface area contributed by atoms with E-state index in [4.69, 9.17) is 0 Å². The Balaban J connectivity index is 1.88. The van der Waals surface area contributed by atoms with Crippen LogP contribution < -0.4 is 5.32 Å². The van der Waals surface area contributed by atoms with Crippen molar-refractivity contribution >= 4 is 44.8 Å². The number of nitrogens with one attached hydrogen (secondary N) is 1. The predicted molar refractivity (Wildman–Crippen MR) is 111 cm³/mol. The fourth-order valence-electron chi connectivity index (χ4n) is 3.34. The molecule has 1 aliphatic carbocycles. The highest BCUT2D eigenvalue weighted by Gasteiger charge is 2.32. The molecule has 130 valence electrons. The Labute approximate surface area is 166 Å². The maximum Gasteiger partial charge on any atom is 0.256 e. The maximum absolute atomic E-state index is 12.6. The van der Waals surface area contributed by atoms with Crippen LogP contribution >= 0.6 is 33.9 Å². The van der Waals surface area contributed by atoms with Crippen LogP contribution in [0.25, 0.3) is 0 Å². The standard InChI is InChI=1S/C20H21IN2OS/c1-20(2,3)13-7-8-15-16(11-22)19(25-17(15)10-13)23-18(24)12-5-4-6-14(21)9-12/h4-6,9,13H,7-8,10H2,1-3H3,(H,23,24)/t13-/m1/s1. The molecule has 25 heavy (non-hydrogen) atoms. The molecule has 3 rings (SSSR count). The molecular formula is C20H21IN2OS. The largest absolute Gasteiger partial charge is 0.312 e. The molecular weight excluding hydrogens is 443 g/mol. The molecule has 0 spiro atoms. The number of anilines is 1. The number of benzene rings is 1. The third kappa shape index (κ3) is 3.90. The number of amides is 1. The van der Waals surface area contributed by atoms with E-state index in [2.05, 4.69) is 54.7 Å². The molecule has 2 aromatic rings. The molecule has 1 amide bonds. The summed E-state index contributed by atoms with van der Waals surface area (Å²) in [5.74, 6) is 0.463. The first-order valence-corrected chi connectivity index (χ1v) is 10.3. The molecule has 1 aliphatic rings. The van der Waals surface area contributed by atoms with Crippen LogP contribution in [0.15, 0.2) is 24.3 Å². The summed E-state index contributed by atoms with van der Waals surface area (Å²) in [6.07, 6.45) is 3.03. The van der Waals surface area contributed by atoms with Gasteiger partial charge in [-0.3, -0.25) is 4.79 Å². The number of nitriles is 1. The normalized spacial score (nSPS) is 16.8. The van der Waals surface area contributed by atoms with Gasteiger partial charge in [-0.05, 0) is 76.9 Å². The Bertz CT molecular complexity index is 858. The van der Waals surface area contributed by atoms with E-state index < -0.39 is 0 Å². The van der Waals surface area contributed by atoms with Crippen molar-refractivity contribution in [1.29, 1.82) is 5.26 Å². The minimum Gasteiger partial charge on any atom is -0.312 e. The third-order valence-electron chi connectivity index (χ3n) is 4.92. The summed E-state index contributed by atoms with van der Waals surface area (Å²) < 4.78 is 1.02. The van der Waals surface area contributed by atoms with Crippen molar-refractivity contribution in [3.05, 3.63) is 49.4 Å². The zero-order chi connectivity index (χ0) is 18.2. The first-order valence-electron chi connectivity index (χ1n) is 8.41. The van der Waals surface area contributed by atoms with Crippen LogP contribution in [0.4, 0.5) is 5.00 Å². The van der Waals surface area contributed by atoms with Crippen LogP contribution in [0.2, 0.25) is 0 Å². The molecule has 0 bridgehead atoms. The number of hydrogen-bond donors (Lipinski definition) is 1. The molecule has 3 nitrogen and oxygen atoms in total. The number of fused-ring (bicyclic) bond motifs is 1. The molecule has 1 atom stereocenters. The Morgan fingerprint density at radius 2 is 2.16 bits per heavy atom. The van der Waals surface area contributed by atoms with E-state index in [0.717, 1.165) is 28.4 Å². The summed E-state index contributed by atoms with van der Waals surface area (Å²) >= 11 is 3.77. The van der Waals surface area contributed by atoms with E-state index in [0.29, 0.717) is 22.0 Å². The second-order valence-corrected chi connectivity index (χ2v) is 9.94. The number of halogens is 1. The first-order chi connectivity index (χ1) is 11.8. The van der Waals surface area contributed by atoms with Gasteiger partial charge in [0.25, 0.3) is 5.91 Å². The van der Waals surface area contributed by atoms with Crippen molar-refractivity contribution in [2.75, 3.05) is 5.32 Å². The van der Waals surface area contributed by atoms with Crippen molar-refractivity contribution in [1.82, 2.24) is 0 Å². The lowest BCUT2D eigenvalue weighted by atomic mass is 9.72. The predicted octanol–water partition coefficient (Wildman–Crippen LogP) is 5.63. The number of hydrogen-bond acceptors (Lipinski definition) is 3. The van der Waals surface area contributed by atoms with Crippen molar-refractivity contribution in [2.24, 2.45) is 11.3 Å². The van der Waals surface area contributed by atoms with Gasteiger partial charge < -0.3 is 5.32 Å². The molecule has 0 saturated heterocycles. The van der Waals surface area contributed by atoms with Gasteiger partial charge in [-0.25, -0.2) is 0 Å². The van der Waals surface area contributed by atoms with Crippen LogP contribution in [0.3, 0.4) is 0 Å². The number of nitrogens with zero attached hydrogens (tertiary/aromatic N) is 1. The third-order valence-corrected chi connectivity index (χ3v) is 6.76. The smallest absolute Gasteiger partial charge is 0.256 e. The lowest BCUT2D eigenvalue weighted by Gasteiger charge is -2.33. The summed E-state index contributed by atoms with van der Waals surface area (Å²) in [5, 5.41) is 13.3. The van der Waals surface area contributed by atoms with Crippen LogP contribution in [0.1, 0.15) is 53.6 Å². The second-order valence-electron chi connectivity index (χ2n) is 7.59. The van der Waals surface area contributed by atoms with Gasteiger partial charge in [0.1, 0.15) is 11.1 Å². The lowest BCUT2D eigenvalue weighted by Crippen LogP contribution is -2.26. The van der Waals surface area contributed by atoms with E-state index in [-0.39, 0.29) is 11.3 Å². The van der Waals surface area contributed by atoms with Gasteiger partial charge in [-0.2, -0.15) is 5.26 Å². The van der Waals surface area contributed by atoms with Gasteiger partial charge in [-0.15, -0.1) is 11.3 Å². The minimum atomic E-state index is -0.152. The van der Waals surface area contributed by atoms with E-state index >= 15 is 0 Å². The van der Waals surface area contributed by atoms with Crippen LogP contribution in [0.5, 0.6) is 0 Å². The Morgan fingerprint density at radius 3 is 2.80 bits per heavy atom. The van der Waals surface area contributed by atoms with Gasteiger partial charge in [0.15, 0.2) is 0 Å². The fourth-order valence-corrected chi connectivity index (χ4v) is 5.15. The average Bonchev–Trinajstić information content (AvgIpc) is 2.90. The fraction of sp³-hybridized carbons (Fsp3) is 0.400. The molecule has 0 fully saturated rings. The molecule has 1 aromatic heterocycles.